The minimum atomic E-state index is 0.0788. The molecule has 3 aromatic rings. The van der Waals surface area contributed by atoms with Crippen molar-refractivity contribution in [1.82, 2.24) is 10.3 Å². The molecule has 0 bridgehead atoms. The zero-order valence-electron chi connectivity index (χ0n) is 13.1. The highest BCUT2D eigenvalue weighted by Gasteiger charge is 2.05. The Hall–Kier alpha value is -2.20. The van der Waals surface area contributed by atoms with Crippen LogP contribution < -0.4 is 5.32 Å². The van der Waals surface area contributed by atoms with Crippen LogP contribution in [0.5, 0.6) is 0 Å². The first-order valence-electron chi connectivity index (χ1n) is 7.73. The van der Waals surface area contributed by atoms with Gasteiger partial charge in [-0.2, -0.15) is 0 Å². The number of para-hydroxylation sites is 1. The number of aromatic nitrogens is 1. The van der Waals surface area contributed by atoms with Gasteiger partial charge in [-0.1, -0.05) is 48.0 Å². The average molecular weight is 324 g/mol. The molecule has 0 atom stereocenters. The lowest BCUT2D eigenvalue weighted by Crippen LogP contribution is -2.27. The quantitative estimate of drug-likeness (QED) is 0.533. The molecule has 1 amide bonds. The number of hydrogen-bond acceptors (Lipinski definition) is 2. The molecular weight excluding hydrogens is 304 g/mol. The largest absolute Gasteiger partial charge is 0.360 e. The fourth-order valence-corrected chi connectivity index (χ4v) is 3.49. The van der Waals surface area contributed by atoms with E-state index >= 15 is 0 Å². The Balaban J connectivity index is 1.45. The molecule has 1 heterocycles. The standard InChI is InChI=1S/C19H20N2OS/c1-14-5-4-6-15(11-14)12-19(22)20-9-10-23-18-13-21-17-8-3-2-7-16(17)18/h2-8,11,13,21H,9-10,12H2,1H3,(H,20,22). The van der Waals surface area contributed by atoms with Crippen LogP contribution in [0.15, 0.2) is 59.6 Å². The van der Waals surface area contributed by atoms with Crippen LogP contribution in [0.2, 0.25) is 0 Å². The molecule has 0 saturated heterocycles. The van der Waals surface area contributed by atoms with E-state index in [1.54, 1.807) is 11.8 Å². The number of carbonyl (C=O) groups excluding carboxylic acids is 1. The molecule has 0 aliphatic carbocycles. The van der Waals surface area contributed by atoms with Crippen LogP contribution in [0.1, 0.15) is 11.1 Å². The van der Waals surface area contributed by atoms with Gasteiger partial charge >= 0.3 is 0 Å². The lowest BCUT2D eigenvalue weighted by atomic mass is 10.1. The molecule has 0 aliphatic rings. The normalized spacial score (nSPS) is 10.8. The van der Waals surface area contributed by atoms with E-state index in [9.17, 15) is 4.79 Å². The van der Waals surface area contributed by atoms with E-state index in [-0.39, 0.29) is 5.91 Å². The predicted octanol–water partition coefficient (Wildman–Crippen LogP) is 3.93. The number of benzene rings is 2. The number of thioether (sulfide) groups is 1. The van der Waals surface area contributed by atoms with Crippen LogP contribution in [0, 0.1) is 6.92 Å². The number of aryl methyl sites for hydroxylation is 1. The maximum Gasteiger partial charge on any atom is 0.224 e. The lowest BCUT2D eigenvalue weighted by Gasteiger charge is -2.06. The van der Waals surface area contributed by atoms with Gasteiger partial charge in [0, 0.05) is 34.3 Å². The smallest absolute Gasteiger partial charge is 0.224 e. The van der Waals surface area contributed by atoms with E-state index in [2.05, 4.69) is 28.5 Å². The summed E-state index contributed by atoms with van der Waals surface area (Å²) < 4.78 is 0. The van der Waals surface area contributed by atoms with Crippen molar-refractivity contribution in [3.8, 4) is 0 Å². The molecule has 2 N–H and O–H groups in total. The molecule has 0 spiro atoms. The number of fused-ring (bicyclic) bond motifs is 1. The summed E-state index contributed by atoms with van der Waals surface area (Å²) in [6.07, 6.45) is 2.48. The molecule has 0 fully saturated rings. The fraction of sp³-hybridized carbons (Fsp3) is 0.211. The third-order valence-electron chi connectivity index (χ3n) is 3.68. The molecule has 1 aromatic heterocycles. The number of H-pyrrole nitrogens is 1. The van der Waals surface area contributed by atoms with Gasteiger partial charge in [0.25, 0.3) is 0 Å². The van der Waals surface area contributed by atoms with Crippen molar-refractivity contribution >= 4 is 28.6 Å². The number of nitrogens with one attached hydrogen (secondary N) is 2. The molecular formula is C19H20N2OS. The second-order valence-corrected chi connectivity index (χ2v) is 6.70. The van der Waals surface area contributed by atoms with Crippen LogP contribution in [-0.2, 0) is 11.2 Å². The first kappa shape index (κ1) is 15.7. The monoisotopic (exact) mass is 324 g/mol. The summed E-state index contributed by atoms with van der Waals surface area (Å²) in [5.74, 6) is 0.941. The van der Waals surface area contributed by atoms with Crippen molar-refractivity contribution < 1.29 is 4.79 Å². The third kappa shape index (κ3) is 4.17. The van der Waals surface area contributed by atoms with Gasteiger partial charge in [0.05, 0.1) is 6.42 Å². The number of amides is 1. The van der Waals surface area contributed by atoms with Gasteiger partial charge in [-0.3, -0.25) is 4.79 Å². The van der Waals surface area contributed by atoms with Crippen LogP contribution in [0.25, 0.3) is 10.9 Å². The number of carbonyl (C=O) groups is 1. The van der Waals surface area contributed by atoms with E-state index in [0.29, 0.717) is 13.0 Å². The van der Waals surface area contributed by atoms with Gasteiger partial charge in [0.15, 0.2) is 0 Å². The van der Waals surface area contributed by atoms with Crippen molar-refractivity contribution in [3.63, 3.8) is 0 Å². The minimum absolute atomic E-state index is 0.0788. The zero-order valence-corrected chi connectivity index (χ0v) is 14.0. The van der Waals surface area contributed by atoms with E-state index in [1.807, 2.05) is 43.5 Å². The van der Waals surface area contributed by atoms with Crippen molar-refractivity contribution in [3.05, 3.63) is 65.9 Å². The van der Waals surface area contributed by atoms with Crippen LogP contribution in [0.4, 0.5) is 0 Å². The summed E-state index contributed by atoms with van der Waals surface area (Å²) in [6, 6.07) is 16.3. The van der Waals surface area contributed by atoms with Crippen LogP contribution >= 0.6 is 11.8 Å². The average Bonchev–Trinajstić information content (AvgIpc) is 2.95. The van der Waals surface area contributed by atoms with Crippen molar-refractivity contribution in [1.29, 1.82) is 0 Å². The van der Waals surface area contributed by atoms with Crippen LogP contribution in [-0.4, -0.2) is 23.2 Å². The Morgan fingerprint density at radius 2 is 2.04 bits per heavy atom. The molecule has 3 nitrogen and oxygen atoms in total. The molecule has 0 radical (unpaired) electrons. The molecule has 118 valence electrons. The SMILES string of the molecule is Cc1cccc(CC(=O)NCCSc2c[nH]c3ccccc23)c1. The maximum absolute atomic E-state index is 12.0. The fourth-order valence-electron chi connectivity index (χ4n) is 2.59. The number of hydrogen-bond donors (Lipinski definition) is 2. The summed E-state index contributed by atoms with van der Waals surface area (Å²) >= 11 is 1.76. The second-order valence-electron chi connectivity index (χ2n) is 5.56. The first-order chi connectivity index (χ1) is 11.2. The molecule has 0 aliphatic heterocycles. The summed E-state index contributed by atoms with van der Waals surface area (Å²) in [4.78, 5) is 16.5. The van der Waals surface area contributed by atoms with Gasteiger partial charge in [-0.25, -0.2) is 0 Å². The lowest BCUT2D eigenvalue weighted by molar-refractivity contribution is -0.120. The van der Waals surface area contributed by atoms with Gasteiger partial charge < -0.3 is 10.3 Å². The highest BCUT2D eigenvalue weighted by Crippen LogP contribution is 2.27. The predicted molar refractivity (Wildman–Crippen MR) is 96.9 cm³/mol. The van der Waals surface area contributed by atoms with E-state index in [4.69, 9.17) is 0 Å². The number of aromatic amines is 1. The zero-order chi connectivity index (χ0) is 16.1. The minimum Gasteiger partial charge on any atom is -0.360 e. The summed E-state index contributed by atoms with van der Waals surface area (Å²) in [6.45, 7) is 2.72. The van der Waals surface area contributed by atoms with Gasteiger partial charge in [0.2, 0.25) is 5.91 Å². The van der Waals surface area contributed by atoms with Crippen molar-refractivity contribution in [2.24, 2.45) is 0 Å². The molecule has 3 rings (SSSR count). The Kier molecular flexibility index (Phi) is 5.03. The first-order valence-corrected chi connectivity index (χ1v) is 8.72. The Labute approximate surface area is 140 Å². The summed E-state index contributed by atoms with van der Waals surface area (Å²) in [5, 5.41) is 4.23. The molecule has 23 heavy (non-hydrogen) atoms. The number of rotatable bonds is 6. The van der Waals surface area contributed by atoms with Gasteiger partial charge in [-0.15, -0.1) is 11.8 Å². The Morgan fingerprint density at radius 3 is 2.91 bits per heavy atom. The third-order valence-corrected chi connectivity index (χ3v) is 4.74. The second kappa shape index (κ2) is 7.38. The Bertz CT molecular complexity index is 810. The van der Waals surface area contributed by atoms with Crippen molar-refractivity contribution in [2.75, 3.05) is 12.3 Å². The highest BCUT2D eigenvalue weighted by atomic mass is 32.2. The molecule has 2 aromatic carbocycles. The Morgan fingerprint density at radius 1 is 1.17 bits per heavy atom. The topological polar surface area (TPSA) is 44.9 Å². The van der Waals surface area contributed by atoms with Gasteiger partial charge in [0.1, 0.15) is 0 Å². The summed E-state index contributed by atoms with van der Waals surface area (Å²) in [5.41, 5.74) is 3.40. The highest BCUT2D eigenvalue weighted by molar-refractivity contribution is 7.99. The molecule has 0 unspecified atom stereocenters. The molecule has 0 saturated carbocycles. The van der Waals surface area contributed by atoms with E-state index < -0.39 is 0 Å². The summed E-state index contributed by atoms with van der Waals surface area (Å²) in [7, 11) is 0. The van der Waals surface area contributed by atoms with Crippen molar-refractivity contribution in [2.45, 2.75) is 18.2 Å². The molecule has 4 heteroatoms. The maximum atomic E-state index is 12.0. The van der Waals surface area contributed by atoms with Gasteiger partial charge in [-0.05, 0) is 18.6 Å². The van der Waals surface area contributed by atoms with Crippen LogP contribution in [0.3, 0.4) is 0 Å². The van der Waals surface area contributed by atoms with E-state index in [1.165, 1.54) is 15.8 Å². The van der Waals surface area contributed by atoms with E-state index in [0.717, 1.165) is 16.8 Å².